The van der Waals surface area contributed by atoms with E-state index in [0.29, 0.717) is 18.3 Å². The summed E-state index contributed by atoms with van der Waals surface area (Å²) in [6.45, 7) is 3.88. The van der Waals surface area contributed by atoms with E-state index in [1.54, 1.807) is 7.11 Å². The molecule has 5 nitrogen and oxygen atoms in total. The number of amides is 1. The van der Waals surface area contributed by atoms with Crippen molar-refractivity contribution in [3.8, 4) is 5.75 Å². The summed E-state index contributed by atoms with van der Waals surface area (Å²) < 4.78 is 5.23. The highest BCUT2D eigenvalue weighted by molar-refractivity contribution is 5.92. The quantitative estimate of drug-likeness (QED) is 0.808. The van der Waals surface area contributed by atoms with Crippen LogP contribution in [0, 0.1) is 0 Å². The van der Waals surface area contributed by atoms with Crippen molar-refractivity contribution >= 4 is 11.6 Å². The minimum absolute atomic E-state index is 0.130. The molecule has 0 saturated carbocycles. The fourth-order valence-electron chi connectivity index (χ4n) is 3.69. The molecule has 3 rings (SSSR count). The van der Waals surface area contributed by atoms with Crippen LogP contribution in [0.5, 0.6) is 5.75 Å². The Bertz CT molecular complexity index is 745. The number of pyridine rings is 1. The number of hydrogen-bond acceptors (Lipinski definition) is 4. The molecule has 1 aliphatic heterocycles. The van der Waals surface area contributed by atoms with Crippen molar-refractivity contribution in [2.75, 3.05) is 25.1 Å². The standard InChI is InChI=1S/C22H29N3O2/c1-3-18-8-4-5-14-25(18)19-10-11-21(24-16-19)22(26)23-13-12-17-7-6-9-20(15-17)27-2/h6-7,9-11,15-16,18H,3-5,8,12-14H2,1-2H3,(H,23,26). The zero-order valence-corrected chi connectivity index (χ0v) is 16.3. The highest BCUT2D eigenvalue weighted by Crippen LogP contribution is 2.25. The number of aromatic nitrogens is 1. The molecule has 27 heavy (non-hydrogen) atoms. The highest BCUT2D eigenvalue weighted by Gasteiger charge is 2.21. The molecule has 2 aromatic rings. The number of methoxy groups -OCH3 is 1. The molecule has 0 bridgehead atoms. The van der Waals surface area contributed by atoms with Gasteiger partial charge in [0.15, 0.2) is 0 Å². The molecule has 1 aliphatic rings. The maximum absolute atomic E-state index is 12.4. The summed E-state index contributed by atoms with van der Waals surface area (Å²) in [5.74, 6) is 0.703. The van der Waals surface area contributed by atoms with Crippen molar-refractivity contribution in [2.24, 2.45) is 0 Å². The minimum Gasteiger partial charge on any atom is -0.497 e. The van der Waals surface area contributed by atoms with Crippen LogP contribution in [-0.2, 0) is 6.42 Å². The first-order valence-corrected chi connectivity index (χ1v) is 9.85. The molecule has 2 heterocycles. The van der Waals surface area contributed by atoms with Gasteiger partial charge in [0.2, 0.25) is 0 Å². The van der Waals surface area contributed by atoms with Crippen LogP contribution in [0.2, 0.25) is 0 Å². The van der Waals surface area contributed by atoms with Gasteiger partial charge in [-0.3, -0.25) is 4.79 Å². The second kappa shape index (κ2) is 9.40. The fourth-order valence-corrected chi connectivity index (χ4v) is 3.69. The van der Waals surface area contributed by atoms with Crippen LogP contribution in [0.1, 0.15) is 48.7 Å². The van der Waals surface area contributed by atoms with E-state index in [2.05, 4.69) is 22.1 Å². The van der Waals surface area contributed by atoms with Crippen molar-refractivity contribution in [3.05, 3.63) is 53.9 Å². The lowest BCUT2D eigenvalue weighted by Crippen LogP contribution is -2.39. The van der Waals surface area contributed by atoms with E-state index in [1.165, 1.54) is 19.3 Å². The number of carbonyl (C=O) groups is 1. The molecule has 1 fully saturated rings. The molecular weight excluding hydrogens is 338 g/mol. The predicted molar refractivity (Wildman–Crippen MR) is 109 cm³/mol. The van der Waals surface area contributed by atoms with Gasteiger partial charge in [-0.1, -0.05) is 19.1 Å². The molecule has 5 heteroatoms. The van der Waals surface area contributed by atoms with Gasteiger partial charge in [0.05, 0.1) is 19.0 Å². The van der Waals surface area contributed by atoms with Crippen LogP contribution in [0.3, 0.4) is 0 Å². The van der Waals surface area contributed by atoms with Crippen LogP contribution in [0.25, 0.3) is 0 Å². The van der Waals surface area contributed by atoms with Gasteiger partial charge >= 0.3 is 0 Å². The van der Waals surface area contributed by atoms with Gasteiger partial charge < -0.3 is 15.0 Å². The number of hydrogen-bond donors (Lipinski definition) is 1. The first kappa shape index (κ1) is 19.2. The highest BCUT2D eigenvalue weighted by atomic mass is 16.5. The topological polar surface area (TPSA) is 54.5 Å². The van der Waals surface area contributed by atoms with Gasteiger partial charge in [0, 0.05) is 19.1 Å². The van der Waals surface area contributed by atoms with E-state index < -0.39 is 0 Å². The smallest absolute Gasteiger partial charge is 0.269 e. The monoisotopic (exact) mass is 367 g/mol. The van der Waals surface area contributed by atoms with Gasteiger partial charge in [0.25, 0.3) is 5.91 Å². The number of ether oxygens (including phenoxy) is 1. The van der Waals surface area contributed by atoms with E-state index in [9.17, 15) is 4.79 Å². The van der Waals surface area contributed by atoms with Gasteiger partial charge in [-0.2, -0.15) is 0 Å². The molecule has 0 radical (unpaired) electrons. The van der Waals surface area contributed by atoms with E-state index in [0.717, 1.165) is 36.4 Å². The Labute approximate surface area is 161 Å². The number of rotatable bonds is 7. The number of benzene rings is 1. The Morgan fingerprint density at radius 1 is 1.30 bits per heavy atom. The fraction of sp³-hybridized carbons (Fsp3) is 0.455. The van der Waals surface area contributed by atoms with Gasteiger partial charge in [-0.15, -0.1) is 0 Å². The number of carbonyl (C=O) groups excluding carboxylic acids is 1. The van der Waals surface area contributed by atoms with Crippen molar-refractivity contribution in [1.29, 1.82) is 0 Å². The largest absolute Gasteiger partial charge is 0.497 e. The molecule has 0 aliphatic carbocycles. The average molecular weight is 367 g/mol. The summed E-state index contributed by atoms with van der Waals surface area (Å²) in [6, 6.07) is 12.3. The second-order valence-electron chi connectivity index (χ2n) is 7.01. The van der Waals surface area contributed by atoms with E-state index in [1.807, 2.05) is 42.6 Å². The first-order chi connectivity index (χ1) is 13.2. The third kappa shape index (κ3) is 5.00. The van der Waals surface area contributed by atoms with Crippen molar-refractivity contribution in [1.82, 2.24) is 10.3 Å². The maximum atomic E-state index is 12.4. The number of anilines is 1. The predicted octanol–water partition coefficient (Wildman–Crippen LogP) is 3.83. The lowest BCUT2D eigenvalue weighted by atomic mass is 9.99. The third-order valence-corrected chi connectivity index (χ3v) is 5.24. The number of nitrogens with one attached hydrogen (secondary N) is 1. The van der Waals surface area contributed by atoms with E-state index >= 15 is 0 Å². The zero-order chi connectivity index (χ0) is 19.1. The normalized spacial score (nSPS) is 16.8. The molecular formula is C22H29N3O2. The summed E-state index contributed by atoms with van der Waals surface area (Å²) >= 11 is 0. The number of nitrogens with zero attached hydrogens (tertiary/aromatic N) is 2. The van der Waals surface area contributed by atoms with Crippen LogP contribution < -0.4 is 15.0 Å². The molecule has 1 unspecified atom stereocenters. The summed E-state index contributed by atoms with van der Waals surface area (Å²) in [7, 11) is 1.66. The molecule has 1 atom stereocenters. The van der Waals surface area contributed by atoms with Crippen molar-refractivity contribution < 1.29 is 9.53 Å². The van der Waals surface area contributed by atoms with Crippen LogP contribution in [0.4, 0.5) is 5.69 Å². The number of piperidine rings is 1. The lowest BCUT2D eigenvalue weighted by molar-refractivity contribution is 0.0949. The lowest BCUT2D eigenvalue weighted by Gasteiger charge is -2.37. The van der Waals surface area contributed by atoms with Gasteiger partial charge in [-0.05, 0) is 61.9 Å². The third-order valence-electron chi connectivity index (χ3n) is 5.24. The summed E-state index contributed by atoms with van der Waals surface area (Å²) in [4.78, 5) is 19.2. The molecule has 0 spiro atoms. The Morgan fingerprint density at radius 3 is 2.93 bits per heavy atom. The van der Waals surface area contributed by atoms with Crippen molar-refractivity contribution in [2.45, 2.75) is 45.1 Å². The molecule has 1 amide bonds. The average Bonchev–Trinajstić information content (AvgIpc) is 2.74. The maximum Gasteiger partial charge on any atom is 0.269 e. The summed E-state index contributed by atoms with van der Waals surface area (Å²) in [6.07, 6.45) is 7.51. The minimum atomic E-state index is -0.130. The SMILES string of the molecule is CCC1CCCCN1c1ccc(C(=O)NCCc2cccc(OC)c2)nc1. The summed E-state index contributed by atoms with van der Waals surface area (Å²) in [5, 5.41) is 2.95. The second-order valence-corrected chi connectivity index (χ2v) is 7.01. The molecule has 144 valence electrons. The molecule has 1 N–H and O–H groups in total. The van der Waals surface area contributed by atoms with Crippen LogP contribution in [-0.4, -0.2) is 37.1 Å². The van der Waals surface area contributed by atoms with E-state index in [4.69, 9.17) is 4.74 Å². The molecule has 1 aromatic carbocycles. The van der Waals surface area contributed by atoms with Gasteiger partial charge in [0.1, 0.15) is 11.4 Å². The molecule has 1 aromatic heterocycles. The Hall–Kier alpha value is -2.56. The Kier molecular flexibility index (Phi) is 6.69. The molecule has 1 saturated heterocycles. The Balaban J connectivity index is 1.54. The van der Waals surface area contributed by atoms with Crippen LogP contribution in [0.15, 0.2) is 42.6 Å². The first-order valence-electron chi connectivity index (χ1n) is 9.85. The van der Waals surface area contributed by atoms with Gasteiger partial charge in [-0.25, -0.2) is 4.98 Å². The summed E-state index contributed by atoms with van der Waals surface area (Å²) in [5.41, 5.74) is 2.72. The van der Waals surface area contributed by atoms with Crippen LogP contribution >= 0.6 is 0 Å². The van der Waals surface area contributed by atoms with Crippen molar-refractivity contribution in [3.63, 3.8) is 0 Å². The zero-order valence-electron chi connectivity index (χ0n) is 16.3. The van der Waals surface area contributed by atoms with E-state index in [-0.39, 0.29) is 5.91 Å². The Morgan fingerprint density at radius 2 is 2.19 bits per heavy atom.